The molecular weight excluding hydrogens is 252 g/mol. The van der Waals surface area contributed by atoms with Crippen LogP contribution in [0, 0.1) is 11.8 Å². The van der Waals surface area contributed by atoms with Crippen molar-refractivity contribution in [3.8, 4) is 0 Å². The quantitative estimate of drug-likeness (QED) is 0.524. The number of ether oxygens (including phenoxy) is 3. The van der Waals surface area contributed by atoms with Gasteiger partial charge in [-0.2, -0.15) is 0 Å². The number of hydrogen-bond acceptors (Lipinski definition) is 3. The van der Waals surface area contributed by atoms with E-state index in [4.69, 9.17) is 14.2 Å². The zero-order valence-electron chi connectivity index (χ0n) is 13.6. The Labute approximate surface area is 124 Å². The van der Waals surface area contributed by atoms with Gasteiger partial charge in [0, 0.05) is 0 Å². The van der Waals surface area contributed by atoms with Gasteiger partial charge in [0.25, 0.3) is 0 Å². The van der Waals surface area contributed by atoms with Gasteiger partial charge in [-0.1, -0.05) is 53.4 Å². The molecule has 0 spiro atoms. The lowest BCUT2D eigenvalue weighted by molar-refractivity contribution is -0.0106. The minimum absolute atomic E-state index is 0.000703. The van der Waals surface area contributed by atoms with Gasteiger partial charge in [-0.3, -0.25) is 0 Å². The Morgan fingerprint density at radius 2 is 1.45 bits per heavy atom. The van der Waals surface area contributed by atoms with Crippen molar-refractivity contribution in [1.82, 2.24) is 0 Å². The third-order valence-corrected chi connectivity index (χ3v) is 4.59. The second-order valence-corrected chi connectivity index (χ2v) is 6.53. The molecule has 20 heavy (non-hydrogen) atoms. The molecular formula is C17H32O3. The summed E-state index contributed by atoms with van der Waals surface area (Å²) in [6.45, 7) is 9.00. The molecule has 118 valence electrons. The predicted molar refractivity (Wildman–Crippen MR) is 80.4 cm³/mol. The van der Waals surface area contributed by atoms with Gasteiger partial charge in [0.2, 0.25) is 0 Å². The van der Waals surface area contributed by atoms with Gasteiger partial charge in [-0.15, -0.1) is 0 Å². The fourth-order valence-corrected chi connectivity index (χ4v) is 3.21. The molecule has 0 aromatic heterocycles. The van der Waals surface area contributed by atoms with E-state index in [0.717, 1.165) is 0 Å². The van der Waals surface area contributed by atoms with E-state index in [1.165, 1.54) is 44.9 Å². The molecule has 2 rings (SSSR count). The van der Waals surface area contributed by atoms with E-state index in [-0.39, 0.29) is 12.6 Å². The molecule has 2 heterocycles. The number of unbranched alkanes of at least 4 members (excludes halogenated alkanes) is 1. The van der Waals surface area contributed by atoms with Gasteiger partial charge in [0.05, 0.1) is 0 Å². The van der Waals surface area contributed by atoms with Gasteiger partial charge in [0.1, 0.15) is 12.2 Å². The topological polar surface area (TPSA) is 34.3 Å². The maximum absolute atomic E-state index is 5.93. The summed E-state index contributed by atoms with van der Waals surface area (Å²) in [5.74, 6) is 1.28. The normalized spacial score (nSPS) is 33.5. The minimum Gasteiger partial charge on any atom is -0.341 e. The summed E-state index contributed by atoms with van der Waals surface area (Å²) in [7, 11) is 0. The third-order valence-electron chi connectivity index (χ3n) is 4.59. The Bertz CT molecular complexity index is 275. The molecule has 0 radical (unpaired) electrons. The lowest BCUT2D eigenvalue weighted by Crippen LogP contribution is -2.15. The largest absolute Gasteiger partial charge is 0.341 e. The Balaban J connectivity index is 1.64. The van der Waals surface area contributed by atoms with E-state index in [0.29, 0.717) is 24.0 Å². The van der Waals surface area contributed by atoms with Crippen LogP contribution in [-0.4, -0.2) is 24.8 Å². The standard InChI is InChI=1S/C17H32O3/c1-5-8-11-12(4)14-16(18-14)20-17-15(19-17)13(9-6-2)10-7-3/h12-17H,5-11H2,1-4H3. The SMILES string of the molecule is CCCCC(C)C1OC1OC1OC1C(CCC)CCC. The summed E-state index contributed by atoms with van der Waals surface area (Å²) in [4.78, 5) is 0. The van der Waals surface area contributed by atoms with Crippen molar-refractivity contribution in [1.29, 1.82) is 0 Å². The molecule has 3 heteroatoms. The number of hydrogen-bond donors (Lipinski definition) is 0. The van der Waals surface area contributed by atoms with Crippen LogP contribution in [-0.2, 0) is 14.2 Å². The summed E-state index contributed by atoms with van der Waals surface area (Å²) in [5.41, 5.74) is 0. The summed E-state index contributed by atoms with van der Waals surface area (Å²) in [5, 5.41) is 0. The van der Waals surface area contributed by atoms with Crippen LogP contribution in [0.15, 0.2) is 0 Å². The lowest BCUT2D eigenvalue weighted by Gasteiger charge is -2.11. The fourth-order valence-electron chi connectivity index (χ4n) is 3.21. The average molecular weight is 284 g/mol. The van der Waals surface area contributed by atoms with Gasteiger partial charge in [-0.25, -0.2) is 0 Å². The van der Waals surface area contributed by atoms with Crippen molar-refractivity contribution < 1.29 is 14.2 Å². The highest BCUT2D eigenvalue weighted by Gasteiger charge is 2.52. The molecule has 3 nitrogen and oxygen atoms in total. The van der Waals surface area contributed by atoms with Crippen molar-refractivity contribution >= 4 is 0 Å². The van der Waals surface area contributed by atoms with E-state index in [9.17, 15) is 0 Å². The van der Waals surface area contributed by atoms with Gasteiger partial charge in [0.15, 0.2) is 12.6 Å². The van der Waals surface area contributed by atoms with E-state index < -0.39 is 0 Å². The molecule has 2 aliphatic rings. The van der Waals surface area contributed by atoms with Crippen LogP contribution >= 0.6 is 0 Å². The van der Waals surface area contributed by atoms with Crippen LogP contribution in [0.25, 0.3) is 0 Å². The first-order valence-electron chi connectivity index (χ1n) is 8.67. The summed E-state index contributed by atoms with van der Waals surface area (Å²) >= 11 is 0. The average Bonchev–Trinajstić information content (AvgIpc) is 3.33. The zero-order valence-corrected chi connectivity index (χ0v) is 13.6. The first kappa shape index (κ1) is 16.3. The van der Waals surface area contributed by atoms with Crippen LogP contribution in [0.3, 0.4) is 0 Å². The molecule has 5 unspecified atom stereocenters. The molecule has 0 aromatic rings. The maximum Gasteiger partial charge on any atom is 0.187 e. The van der Waals surface area contributed by atoms with Crippen LogP contribution in [0.2, 0.25) is 0 Å². The van der Waals surface area contributed by atoms with Crippen molar-refractivity contribution in [3.63, 3.8) is 0 Å². The van der Waals surface area contributed by atoms with Crippen LogP contribution in [0.4, 0.5) is 0 Å². The zero-order chi connectivity index (χ0) is 14.5. The van der Waals surface area contributed by atoms with E-state index in [1.54, 1.807) is 0 Å². The molecule has 2 aliphatic heterocycles. The molecule has 2 fully saturated rings. The molecule has 0 aromatic carbocycles. The molecule has 0 bridgehead atoms. The number of rotatable bonds is 11. The van der Waals surface area contributed by atoms with Gasteiger partial charge >= 0.3 is 0 Å². The number of epoxide rings is 2. The van der Waals surface area contributed by atoms with Gasteiger partial charge < -0.3 is 14.2 Å². The highest BCUT2D eigenvalue weighted by atomic mass is 16.9. The van der Waals surface area contributed by atoms with Gasteiger partial charge in [-0.05, 0) is 31.1 Å². The smallest absolute Gasteiger partial charge is 0.187 e. The van der Waals surface area contributed by atoms with Crippen molar-refractivity contribution in [2.45, 2.75) is 97.4 Å². The first-order valence-corrected chi connectivity index (χ1v) is 8.67. The maximum atomic E-state index is 5.93. The minimum atomic E-state index is 0.000703. The van der Waals surface area contributed by atoms with Crippen molar-refractivity contribution in [2.24, 2.45) is 11.8 Å². The Morgan fingerprint density at radius 3 is 2.05 bits per heavy atom. The van der Waals surface area contributed by atoms with Crippen LogP contribution in [0.5, 0.6) is 0 Å². The second kappa shape index (κ2) is 7.77. The Kier molecular flexibility index (Phi) is 6.31. The van der Waals surface area contributed by atoms with Crippen molar-refractivity contribution in [2.75, 3.05) is 0 Å². The summed E-state index contributed by atoms with van der Waals surface area (Å²) in [6, 6.07) is 0. The van der Waals surface area contributed by atoms with E-state index in [2.05, 4.69) is 27.7 Å². The summed E-state index contributed by atoms with van der Waals surface area (Å²) in [6.07, 6.45) is 9.38. The molecule has 0 N–H and O–H groups in total. The Morgan fingerprint density at radius 1 is 0.850 bits per heavy atom. The summed E-state index contributed by atoms with van der Waals surface area (Å²) < 4.78 is 17.3. The fraction of sp³-hybridized carbons (Fsp3) is 1.00. The molecule has 0 amide bonds. The predicted octanol–water partition coefficient (Wildman–Crippen LogP) is 4.50. The van der Waals surface area contributed by atoms with Crippen LogP contribution in [0.1, 0.15) is 72.6 Å². The Hall–Kier alpha value is -0.120. The monoisotopic (exact) mass is 284 g/mol. The van der Waals surface area contributed by atoms with Crippen LogP contribution < -0.4 is 0 Å². The van der Waals surface area contributed by atoms with Crippen molar-refractivity contribution in [3.05, 3.63) is 0 Å². The van der Waals surface area contributed by atoms with E-state index in [1.807, 2.05) is 0 Å². The molecule has 5 atom stereocenters. The van der Waals surface area contributed by atoms with E-state index >= 15 is 0 Å². The highest BCUT2D eigenvalue weighted by molar-refractivity contribution is 4.89. The second-order valence-electron chi connectivity index (χ2n) is 6.53. The third kappa shape index (κ3) is 4.44. The first-order chi connectivity index (χ1) is 9.71. The lowest BCUT2D eigenvalue weighted by atomic mass is 9.95. The molecule has 0 saturated carbocycles. The molecule has 0 aliphatic carbocycles. The highest BCUT2D eigenvalue weighted by Crippen LogP contribution is 2.41. The molecule has 2 saturated heterocycles.